The Morgan fingerprint density at radius 2 is 1.71 bits per heavy atom. The Bertz CT molecular complexity index is 728. The van der Waals surface area contributed by atoms with Gasteiger partial charge in [0.25, 0.3) is 0 Å². The van der Waals surface area contributed by atoms with Crippen molar-refractivity contribution in [3.8, 4) is 0 Å². The Morgan fingerprint density at radius 3 is 2.24 bits per heavy atom. The number of sulfone groups is 1. The predicted octanol–water partition coefficient (Wildman–Crippen LogP) is 1.41. The van der Waals surface area contributed by atoms with Crippen LogP contribution in [-0.2, 0) is 19.9 Å². The van der Waals surface area contributed by atoms with Crippen molar-refractivity contribution in [2.24, 2.45) is 0 Å². The molecule has 5 nitrogen and oxygen atoms in total. The van der Waals surface area contributed by atoms with Crippen molar-refractivity contribution in [1.29, 1.82) is 0 Å². The number of hydrogen-bond acceptors (Lipinski definition) is 4. The van der Waals surface area contributed by atoms with Gasteiger partial charge in [-0.05, 0) is 18.6 Å². The van der Waals surface area contributed by atoms with E-state index in [0.717, 1.165) is 16.5 Å². The molecule has 7 heteroatoms. The lowest BCUT2D eigenvalue weighted by Gasteiger charge is -2.36. The molecule has 1 heterocycles. The molecule has 0 spiro atoms. The van der Waals surface area contributed by atoms with Crippen LogP contribution in [0.1, 0.15) is 18.1 Å². The minimum absolute atomic E-state index is 0.0464. The maximum Gasteiger partial charge on any atom is 0.236 e. The minimum atomic E-state index is -3.54. The number of sulfonamides is 1. The second-order valence-electron chi connectivity index (χ2n) is 5.15. The van der Waals surface area contributed by atoms with E-state index in [1.165, 1.54) is 10.4 Å². The van der Waals surface area contributed by atoms with Crippen molar-refractivity contribution in [3.05, 3.63) is 40.8 Å². The molecule has 0 aliphatic carbocycles. The van der Waals surface area contributed by atoms with Crippen molar-refractivity contribution in [3.63, 3.8) is 0 Å². The fraction of sp³-hybridized carbons (Fsp3) is 0.429. The monoisotopic (exact) mass is 329 g/mol. The van der Waals surface area contributed by atoms with Gasteiger partial charge in [0, 0.05) is 24.3 Å². The lowest BCUT2D eigenvalue weighted by Crippen LogP contribution is -2.56. The molecule has 1 aliphatic rings. The minimum Gasteiger partial charge on any atom is -0.228 e. The summed E-state index contributed by atoms with van der Waals surface area (Å²) in [4.78, 5) is 0. The third kappa shape index (κ3) is 3.72. The molecule has 0 bridgehead atoms. The molecule has 116 valence electrons. The zero-order valence-corrected chi connectivity index (χ0v) is 13.7. The summed E-state index contributed by atoms with van der Waals surface area (Å²) < 4.78 is 48.6. The molecule has 1 aromatic carbocycles. The normalized spacial score (nSPS) is 18.0. The molecule has 0 unspecified atom stereocenters. The molecule has 21 heavy (non-hydrogen) atoms. The third-order valence-electron chi connectivity index (χ3n) is 3.59. The first kappa shape index (κ1) is 16.2. The van der Waals surface area contributed by atoms with Gasteiger partial charge in [-0.3, -0.25) is 0 Å². The summed E-state index contributed by atoms with van der Waals surface area (Å²) in [5.74, 6) is 0.0464. The maximum absolute atomic E-state index is 12.1. The summed E-state index contributed by atoms with van der Waals surface area (Å²) in [5.41, 5.74) is 1.90. The summed E-state index contributed by atoms with van der Waals surface area (Å²) in [6.07, 6.45) is 1.52. The van der Waals surface area contributed by atoms with Gasteiger partial charge in [-0.25, -0.2) is 16.8 Å². The Morgan fingerprint density at radius 1 is 1.14 bits per heavy atom. The van der Waals surface area contributed by atoms with E-state index in [1.807, 2.05) is 31.2 Å². The standard InChI is InChI=1S/C14H19NO4S2/c1-3-20(16,17)14-10-15(11-14)21(18,19)9-8-13-6-4-12(2)5-7-13/h4-9,14H,3,10-11H2,1-2H3/b9-8+. The van der Waals surface area contributed by atoms with Gasteiger partial charge >= 0.3 is 0 Å². The predicted molar refractivity (Wildman–Crippen MR) is 84.0 cm³/mol. The van der Waals surface area contributed by atoms with Gasteiger partial charge in [0.1, 0.15) is 0 Å². The molecule has 1 saturated heterocycles. The van der Waals surface area contributed by atoms with Gasteiger partial charge in [0.15, 0.2) is 9.84 Å². The van der Waals surface area contributed by atoms with Crippen LogP contribution in [0.15, 0.2) is 29.7 Å². The first-order valence-corrected chi connectivity index (χ1v) is 9.93. The number of benzene rings is 1. The van der Waals surface area contributed by atoms with Crippen molar-refractivity contribution in [2.45, 2.75) is 19.1 Å². The third-order valence-corrected chi connectivity index (χ3v) is 7.21. The van der Waals surface area contributed by atoms with Gasteiger partial charge in [-0.2, -0.15) is 4.31 Å². The van der Waals surface area contributed by atoms with Crippen LogP contribution in [0, 0.1) is 6.92 Å². The first-order chi connectivity index (χ1) is 9.74. The largest absolute Gasteiger partial charge is 0.236 e. The van der Waals surface area contributed by atoms with E-state index < -0.39 is 25.1 Å². The van der Waals surface area contributed by atoms with Crippen LogP contribution >= 0.6 is 0 Å². The van der Waals surface area contributed by atoms with Gasteiger partial charge in [-0.15, -0.1) is 0 Å². The number of rotatable bonds is 5. The summed E-state index contributed by atoms with van der Waals surface area (Å²) >= 11 is 0. The van der Waals surface area contributed by atoms with E-state index in [9.17, 15) is 16.8 Å². The molecule has 1 aliphatic heterocycles. The highest BCUT2D eigenvalue weighted by atomic mass is 32.2. The molecule has 0 aromatic heterocycles. The van der Waals surface area contributed by atoms with E-state index in [0.29, 0.717) is 0 Å². The maximum atomic E-state index is 12.1. The van der Waals surface area contributed by atoms with Gasteiger partial charge in [0.05, 0.1) is 5.25 Å². The summed E-state index contributed by atoms with van der Waals surface area (Å²) in [6.45, 7) is 3.63. The lowest BCUT2D eigenvalue weighted by molar-refractivity contribution is 0.314. The second-order valence-corrected chi connectivity index (χ2v) is 9.54. The van der Waals surface area contributed by atoms with Crippen LogP contribution in [0.3, 0.4) is 0 Å². The van der Waals surface area contributed by atoms with Crippen LogP contribution in [0.5, 0.6) is 0 Å². The fourth-order valence-corrected chi connectivity index (χ4v) is 4.75. The molecule has 0 N–H and O–H groups in total. The van der Waals surface area contributed by atoms with E-state index >= 15 is 0 Å². The van der Waals surface area contributed by atoms with Crippen LogP contribution < -0.4 is 0 Å². The zero-order chi connectivity index (χ0) is 15.7. The average Bonchev–Trinajstić information content (AvgIpc) is 2.35. The zero-order valence-electron chi connectivity index (χ0n) is 12.1. The average molecular weight is 329 g/mol. The highest BCUT2D eigenvalue weighted by molar-refractivity contribution is 7.93. The molecule has 0 amide bonds. The number of aryl methyl sites for hydroxylation is 1. The SMILES string of the molecule is CCS(=O)(=O)C1CN(S(=O)(=O)/C=C/c2ccc(C)cc2)C1. The highest BCUT2D eigenvalue weighted by Crippen LogP contribution is 2.22. The highest BCUT2D eigenvalue weighted by Gasteiger charge is 2.41. The fourth-order valence-electron chi connectivity index (χ4n) is 2.00. The topological polar surface area (TPSA) is 71.5 Å². The summed E-state index contributed by atoms with van der Waals surface area (Å²) in [7, 11) is -6.70. The summed E-state index contributed by atoms with van der Waals surface area (Å²) in [6, 6.07) is 7.48. The van der Waals surface area contributed by atoms with Crippen molar-refractivity contribution >= 4 is 25.9 Å². The molecular weight excluding hydrogens is 310 g/mol. The van der Waals surface area contributed by atoms with Crippen molar-refractivity contribution < 1.29 is 16.8 Å². The van der Waals surface area contributed by atoms with E-state index in [1.54, 1.807) is 6.92 Å². The van der Waals surface area contributed by atoms with Gasteiger partial charge in [0.2, 0.25) is 10.0 Å². The Hall–Kier alpha value is -1.18. The first-order valence-electron chi connectivity index (χ1n) is 6.71. The molecule has 0 saturated carbocycles. The Kier molecular flexibility index (Phi) is 4.55. The van der Waals surface area contributed by atoms with E-state index in [2.05, 4.69) is 0 Å². The van der Waals surface area contributed by atoms with Crippen LogP contribution in [0.2, 0.25) is 0 Å². The van der Waals surface area contributed by atoms with E-state index in [-0.39, 0.29) is 18.8 Å². The lowest BCUT2D eigenvalue weighted by atomic mass is 10.2. The van der Waals surface area contributed by atoms with Gasteiger partial charge in [-0.1, -0.05) is 36.8 Å². The molecule has 1 fully saturated rings. The van der Waals surface area contributed by atoms with Crippen LogP contribution in [0.25, 0.3) is 6.08 Å². The Balaban J connectivity index is 2.03. The van der Waals surface area contributed by atoms with Gasteiger partial charge < -0.3 is 0 Å². The van der Waals surface area contributed by atoms with Crippen LogP contribution in [-0.4, -0.2) is 45.2 Å². The van der Waals surface area contributed by atoms with Crippen molar-refractivity contribution in [1.82, 2.24) is 4.31 Å². The molecule has 0 radical (unpaired) electrons. The second kappa shape index (κ2) is 5.90. The van der Waals surface area contributed by atoms with Crippen molar-refractivity contribution in [2.75, 3.05) is 18.8 Å². The molecule has 0 atom stereocenters. The molecule has 2 rings (SSSR count). The smallest absolute Gasteiger partial charge is 0.228 e. The summed E-state index contributed by atoms with van der Waals surface area (Å²) in [5, 5.41) is 0.567. The molecular formula is C14H19NO4S2. The number of hydrogen-bond donors (Lipinski definition) is 0. The van der Waals surface area contributed by atoms with Crippen LogP contribution in [0.4, 0.5) is 0 Å². The number of nitrogens with zero attached hydrogens (tertiary/aromatic N) is 1. The van der Waals surface area contributed by atoms with E-state index in [4.69, 9.17) is 0 Å². The quantitative estimate of drug-likeness (QED) is 0.819. The molecule has 1 aromatic rings. The Labute approximate surface area is 126 Å².